The molecule has 1 heterocycles. The van der Waals surface area contributed by atoms with Crippen LogP contribution in [0.1, 0.15) is 31.2 Å². The number of ether oxygens (including phenoxy) is 3. The van der Waals surface area contributed by atoms with Crippen LogP contribution in [-0.2, 0) is 11.2 Å². The van der Waals surface area contributed by atoms with Gasteiger partial charge in [-0.05, 0) is 42.7 Å². The smallest absolute Gasteiger partial charge is 0.251 e. The molecule has 1 aliphatic carbocycles. The zero-order chi connectivity index (χ0) is 17.3. The third-order valence-electron chi connectivity index (χ3n) is 4.71. The zero-order valence-corrected chi connectivity index (χ0v) is 14.2. The van der Waals surface area contributed by atoms with Crippen LogP contribution in [0.4, 0.5) is 5.69 Å². The fourth-order valence-electron chi connectivity index (χ4n) is 3.42. The van der Waals surface area contributed by atoms with Crippen LogP contribution in [0.5, 0.6) is 17.2 Å². The van der Waals surface area contributed by atoms with Crippen molar-refractivity contribution in [1.82, 2.24) is 0 Å². The maximum atomic E-state index is 12.3. The Hall–Kier alpha value is -2.69. The quantitative estimate of drug-likeness (QED) is 0.917. The van der Waals surface area contributed by atoms with Crippen LogP contribution in [0, 0.1) is 0 Å². The van der Waals surface area contributed by atoms with Crippen LogP contribution in [0.25, 0.3) is 0 Å². The molecule has 2 aromatic rings. The molecule has 5 heteroatoms. The Balaban J connectivity index is 1.40. The molecular formula is C20H21NO4. The summed E-state index contributed by atoms with van der Waals surface area (Å²) >= 11 is 0. The van der Waals surface area contributed by atoms with E-state index in [0.717, 1.165) is 48.4 Å². The van der Waals surface area contributed by atoms with E-state index in [1.165, 1.54) is 0 Å². The van der Waals surface area contributed by atoms with E-state index in [1.54, 1.807) is 7.11 Å². The molecule has 0 bridgehead atoms. The normalized spacial score (nSPS) is 16.8. The Morgan fingerprint density at radius 2 is 1.80 bits per heavy atom. The number of hydrogen-bond donors (Lipinski definition) is 1. The molecule has 130 valence electrons. The molecule has 25 heavy (non-hydrogen) atoms. The van der Waals surface area contributed by atoms with Gasteiger partial charge in [0, 0.05) is 24.6 Å². The van der Waals surface area contributed by atoms with Gasteiger partial charge in [0.25, 0.3) is 5.79 Å². The first-order chi connectivity index (χ1) is 12.2. The van der Waals surface area contributed by atoms with Gasteiger partial charge in [0.15, 0.2) is 11.5 Å². The van der Waals surface area contributed by atoms with Crippen molar-refractivity contribution in [3.05, 3.63) is 48.0 Å². The highest BCUT2D eigenvalue weighted by Gasteiger charge is 2.44. The second-order valence-corrected chi connectivity index (χ2v) is 6.56. The lowest BCUT2D eigenvalue weighted by Gasteiger charge is -2.21. The van der Waals surface area contributed by atoms with Crippen LogP contribution in [-0.4, -0.2) is 18.8 Å². The molecule has 0 aromatic heterocycles. The summed E-state index contributed by atoms with van der Waals surface area (Å²) in [5.41, 5.74) is 1.65. The molecule has 0 atom stereocenters. The van der Waals surface area contributed by atoms with Gasteiger partial charge in [-0.2, -0.15) is 0 Å². The summed E-state index contributed by atoms with van der Waals surface area (Å²) in [6.07, 6.45) is 4.39. The molecule has 2 aliphatic rings. The lowest BCUT2D eigenvalue weighted by atomic mass is 10.1. The van der Waals surface area contributed by atoms with Crippen LogP contribution in [0.3, 0.4) is 0 Å². The number of fused-ring (bicyclic) bond motifs is 1. The van der Waals surface area contributed by atoms with E-state index in [-0.39, 0.29) is 5.91 Å². The third kappa shape index (κ3) is 3.27. The van der Waals surface area contributed by atoms with Gasteiger partial charge < -0.3 is 19.5 Å². The first-order valence-corrected chi connectivity index (χ1v) is 8.61. The predicted molar refractivity (Wildman–Crippen MR) is 94.2 cm³/mol. The van der Waals surface area contributed by atoms with Gasteiger partial charge in [0.1, 0.15) is 5.75 Å². The highest BCUT2D eigenvalue weighted by Crippen LogP contribution is 2.47. The molecular weight excluding hydrogens is 318 g/mol. The molecule has 1 fully saturated rings. The number of benzene rings is 2. The molecule has 0 saturated heterocycles. The van der Waals surface area contributed by atoms with E-state index < -0.39 is 5.79 Å². The summed E-state index contributed by atoms with van der Waals surface area (Å²) < 4.78 is 17.1. The van der Waals surface area contributed by atoms with Crippen molar-refractivity contribution in [2.75, 3.05) is 12.4 Å². The van der Waals surface area contributed by atoms with Crippen molar-refractivity contribution in [2.24, 2.45) is 0 Å². The summed E-state index contributed by atoms with van der Waals surface area (Å²) in [6, 6.07) is 13.0. The van der Waals surface area contributed by atoms with E-state index in [0.29, 0.717) is 12.2 Å². The minimum absolute atomic E-state index is 0.0698. The summed E-state index contributed by atoms with van der Waals surface area (Å²) in [6.45, 7) is 0. The fourth-order valence-corrected chi connectivity index (χ4v) is 3.42. The first-order valence-electron chi connectivity index (χ1n) is 8.61. The first kappa shape index (κ1) is 15.8. The maximum absolute atomic E-state index is 12.3. The van der Waals surface area contributed by atoms with Crippen molar-refractivity contribution < 1.29 is 19.0 Å². The molecule has 4 rings (SSSR count). The predicted octanol–water partition coefficient (Wildman–Crippen LogP) is 3.92. The average molecular weight is 339 g/mol. The SMILES string of the molecule is COc1ccc(CC(=O)Nc2ccc3c(c2)OC2(CCCC2)O3)cc1. The second-order valence-electron chi connectivity index (χ2n) is 6.56. The van der Waals surface area contributed by atoms with Crippen molar-refractivity contribution in [3.63, 3.8) is 0 Å². The van der Waals surface area contributed by atoms with Crippen molar-refractivity contribution in [1.29, 1.82) is 0 Å². The topological polar surface area (TPSA) is 56.8 Å². The minimum atomic E-state index is -0.478. The number of methoxy groups -OCH3 is 1. The Labute approximate surface area is 146 Å². The van der Waals surface area contributed by atoms with Gasteiger partial charge in [-0.1, -0.05) is 12.1 Å². The monoisotopic (exact) mass is 339 g/mol. The Morgan fingerprint density at radius 3 is 2.52 bits per heavy atom. The Morgan fingerprint density at radius 1 is 1.08 bits per heavy atom. The summed E-state index contributed by atoms with van der Waals surface area (Å²) in [5.74, 6) is 1.70. The molecule has 0 radical (unpaired) electrons. The van der Waals surface area contributed by atoms with Crippen molar-refractivity contribution in [2.45, 2.75) is 37.9 Å². The summed E-state index contributed by atoms with van der Waals surface area (Å²) in [7, 11) is 1.62. The number of anilines is 1. The number of carbonyl (C=O) groups is 1. The van der Waals surface area contributed by atoms with E-state index >= 15 is 0 Å². The van der Waals surface area contributed by atoms with Gasteiger partial charge in [0.2, 0.25) is 5.91 Å². The van der Waals surface area contributed by atoms with Crippen LogP contribution >= 0.6 is 0 Å². The molecule has 1 saturated carbocycles. The number of carbonyl (C=O) groups excluding carboxylic acids is 1. The van der Waals surface area contributed by atoms with E-state index in [1.807, 2.05) is 42.5 Å². The van der Waals surface area contributed by atoms with Gasteiger partial charge in [-0.15, -0.1) is 0 Å². The molecule has 1 amide bonds. The number of rotatable bonds is 4. The molecule has 1 aliphatic heterocycles. The standard InChI is InChI=1S/C20H21NO4/c1-23-16-7-4-14(5-8-16)12-19(22)21-15-6-9-17-18(13-15)25-20(24-17)10-2-3-11-20/h4-9,13H,2-3,10-12H2,1H3,(H,21,22). The van der Waals surface area contributed by atoms with Crippen LogP contribution in [0.2, 0.25) is 0 Å². The number of hydrogen-bond acceptors (Lipinski definition) is 4. The van der Waals surface area contributed by atoms with Crippen LogP contribution in [0.15, 0.2) is 42.5 Å². The van der Waals surface area contributed by atoms with E-state index in [2.05, 4.69) is 5.32 Å². The number of nitrogens with one attached hydrogen (secondary N) is 1. The van der Waals surface area contributed by atoms with E-state index in [4.69, 9.17) is 14.2 Å². The largest absolute Gasteiger partial charge is 0.497 e. The van der Waals surface area contributed by atoms with Gasteiger partial charge >= 0.3 is 0 Å². The molecule has 1 N–H and O–H groups in total. The summed E-state index contributed by atoms with van der Waals surface area (Å²) in [5, 5.41) is 2.92. The number of amides is 1. The second kappa shape index (κ2) is 6.31. The van der Waals surface area contributed by atoms with Crippen molar-refractivity contribution >= 4 is 11.6 Å². The van der Waals surface area contributed by atoms with Gasteiger partial charge in [-0.3, -0.25) is 4.79 Å². The third-order valence-corrected chi connectivity index (χ3v) is 4.71. The lowest BCUT2D eigenvalue weighted by molar-refractivity contribution is -0.115. The fraction of sp³-hybridized carbons (Fsp3) is 0.350. The minimum Gasteiger partial charge on any atom is -0.497 e. The zero-order valence-electron chi connectivity index (χ0n) is 14.2. The average Bonchev–Trinajstić information content (AvgIpc) is 3.21. The molecule has 5 nitrogen and oxygen atoms in total. The highest BCUT2D eigenvalue weighted by atomic mass is 16.7. The Bertz CT molecular complexity index is 779. The van der Waals surface area contributed by atoms with Gasteiger partial charge in [0.05, 0.1) is 13.5 Å². The van der Waals surface area contributed by atoms with Crippen molar-refractivity contribution in [3.8, 4) is 17.2 Å². The maximum Gasteiger partial charge on any atom is 0.251 e. The highest BCUT2D eigenvalue weighted by molar-refractivity contribution is 5.92. The van der Waals surface area contributed by atoms with Gasteiger partial charge in [-0.25, -0.2) is 0 Å². The Kier molecular flexibility index (Phi) is 3.99. The lowest BCUT2D eigenvalue weighted by Crippen LogP contribution is -2.34. The molecule has 1 spiro atoms. The molecule has 0 unspecified atom stereocenters. The van der Waals surface area contributed by atoms with E-state index in [9.17, 15) is 4.79 Å². The molecule has 2 aromatic carbocycles. The summed E-state index contributed by atoms with van der Waals surface area (Å²) in [4.78, 5) is 12.3. The van der Waals surface area contributed by atoms with Crippen LogP contribution < -0.4 is 19.5 Å².